The summed E-state index contributed by atoms with van der Waals surface area (Å²) >= 11 is 3.20. The number of hydrogen-bond acceptors (Lipinski definition) is 4. The second-order valence-electron chi connectivity index (χ2n) is 4.81. The standard InChI is InChI=1S/C13H19BrN2O4S/c1-4-5-11(13(17)18)15-21(19,20)12-8-9(16(2)3)6-7-10(12)14/h6-8,11,15H,4-5H2,1-3H3,(H,17,18). The molecule has 0 aliphatic rings. The Morgan fingerprint density at radius 3 is 2.52 bits per heavy atom. The number of nitrogens with zero attached hydrogens (tertiary/aromatic N) is 1. The number of benzene rings is 1. The molecule has 0 fully saturated rings. The fourth-order valence-corrected chi connectivity index (χ4v) is 3.96. The Morgan fingerprint density at radius 1 is 1.43 bits per heavy atom. The molecule has 0 amide bonds. The van der Waals surface area contributed by atoms with Crippen LogP contribution in [0.3, 0.4) is 0 Å². The number of anilines is 1. The Kier molecular flexibility index (Phi) is 6.18. The first-order valence-corrected chi connectivity index (χ1v) is 8.68. The monoisotopic (exact) mass is 378 g/mol. The molecule has 0 bridgehead atoms. The van der Waals surface area contributed by atoms with Gasteiger partial charge in [0.15, 0.2) is 0 Å². The molecular weight excluding hydrogens is 360 g/mol. The van der Waals surface area contributed by atoms with Crippen LogP contribution in [-0.4, -0.2) is 39.6 Å². The van der Waals surface area contributed by atoms with Crippen molar-refractivity contribution in [2.75, 3.05) is 19.0 Å². The van der Waals surface area contributed by atoms with Gasteiger partial charge in [-0.05, 0) is 40.5 Å². The van der Waals surface area contributed by atoms with Crippen LogP contribution in [0.4, 0.5) is 5.69 Å². The van der Waals surface area contributed by atoms with Crippen molar-refractivity contribution in [2.24, 2.45) is 0 Å². The van der Waals surface area contributed by atoms with Crippen LogP contribution >= 0.6 is 15.9 Å². The summed E-state index contributed by atoms with van der Waals surface area (Å²) in [5, 5.41) is 9.08. The van der Waals surface area contributed by atoms with Gasteiger partial charge in [-0.25, -0.2) is 8.42 Å². The van der Waals surface area contributed by atoms with Gasteiger partial charge in [0.25, 0.3) is 0 Å². The van der Waals surface area contributed by atoms with Crippen LogP contribution in [0.2, 0.25) is 0 Å². The predicted molar refractivity (Wildman–Crippen MR) is 85.1 cm³/mol. The van der Waals surface area contributed by atoms with E-state index in [0.717, 1.165) is 0 Å². The van der Waals surface area contributed by atoms with Crippen molar-refractivity contribution in [3.63, 3.8) is 0 Å². The molecule has 0 heterocycles. The van der Waals surface area contributed by atoms with E-state index in [-0.39, 0.29) is 11.3 Å². The lowest BCUT2D eigenvalue weighted by Gasteiger charge is -2.17. The van der Waals surface area contributed by atoms with Crippen molar-refractivity contribution >= 4 is 37.6 Å². The predicted octanol–water partition coefficient (Wildman–Crippen LogP) is 2.05. The molecule has 1 atom stereocenters. The van der Waals surface area contributed by atoms with Crippen LogP contribution in [0.5, 0.6) is 0 Å². The highest BCUT2D eigenvalue weighted by Crippen LogP contribution is 2.26. The molecule has 2 N–H and O–H groups in total. The van der Waals surface area contributed by atoms with Crippen LogP contribution in [0, 0.1) is 0 Å². The van der Waals surface area contributed by atoms with Gasteiger partial charge >= 0.3 is 5.97 Å². The van der Waals surface area contributed by atoms with Crippen LogP contribution in [0.15, 0.2) is 27.6 Å². The van der Waals surface area contributed by atoms with Gasteiger partial charge in [0.2, 0.25) is 10.0 Å². The largest absolute Gasteiger partial charge is 0.480 e. The van der Waals surface area contributed by atoms with E-state index in [4.69, 9.17) is 5.11 Å². The zero-order valence-corrected chi connectivity index (χ0v) is 14.5. The van der Waals surface area contributed by atoms with Gasteiger partial charge in [-0.15, -0.1) is 0 Å². The average Bonchev–Trinajstić information content (AvgIpc) is 2.37. The van der Waals surface area contributed by atoms with Gasteiger partial charge in [0.05, 0.1) is 4.90 Å². The Hall–Kier alpha value is -1.12. The zero-order chi connectivity index (χ0) is 16.2. The van der Waals surface area contributed by atoms with Crippen molar-refractivity contribution in [3.8, 4) is 0 Å². The molecule has 0 saturated carbocycles. The third-order valence-electron chi connectivity index (χ3n) is 2.89. The molecule has 8 heteroatoms. The summed E-state index contributed by atoms with van der Waals surface area (Å²) in [7, 11) is -0.326. The average molecular weight is 379 g/mol. The maximum atomic E-state index is 12.4. The minimum Gasteiger partial charge on any atom is -0.480 e. The van der Waals surface area contributed by atoms with Gasteiger partial charge in [0, 0.05) is 24.3 Å². The van der Waals surface area contributed by atoms with Crippen LogP contribution in [0.25, 0.3) is 0 Å². The summed E-state index contributed by atoms with van der Waals surface area (Å²) in [6.45, 7) is 1.80. The van der Waals surface area contributed by atoms with Gasteiger partial charge in [-0.2, -0.15) is 4.72 Å². The van der Waals surface area contributed by atoms with E-state index in [9.17, 15) is 13.2 Å². The summed E-state index contributed by atoms with van der Waals surface area (Å²) in [5.41, 5.74) is 0.709. The number of carboxylic acids is 1. The Morgan fingerprint density at radius 2 is 2.05 bits per heavy atom. The smallest absolute Gasteiger partial charge is 0.321 e. The number of rotatable bonds is 7. The fourth-order valence-electron chi connectivity index (χ4n) is 1.75. The van der Waals surface area contributed by atoms with Gasteiger partial charge in [0.1, 0.15) is 6.04 Å². The zero-order valence-electron chi connectivity index (χ0n) is 12.1. The number of carboxylic acid groups (broad SMARTS) is 1. The Labute approximate surface area is 133 Å². The van der Waals surface area contributed by atoms with Crippen LogP contribution < -0.4 is 9.62 Å². The van der Waals surface area contributed by atoms with E-state index in [1.165, 1.54) is 6.07 Å². The molecule has 0 aromatic heterocycles. The number of hydrogen-bond donors (Lipinski definition) is 2. The summed E-state index contributed by atoms with van der Waals surface area (Å²) in [6, 6.07) is 3.76. The van der Waals surface area contributed by atoms with Crippen molar-refractivity contribution < 1.29 is 18.3 Å². The minimum absolute atomic E-state index is 0.0241. The molecule has 0 radical (unpaired) electrons. The SMILES string of the molecule is CCCC(NS(=O)(=O)c1cc(N(C)C)ccc1Br)C(=O)O. The first-order valence-electron chi connectivity index (χ1n) is 6.41. The third-order valence-corrected chi connectivity index (χ3v) is 5.36. The molecule has 1 unspecified atom stereocenters. The number of nitrogens with one attached hydrogen (secondary N) is 1. The van der Waals surface area contributed by atoms with Crippen LogP contribution in [-0.2, 0) is 14.8 Å². The van der Waals surface area contributed by atoms with E-state index in [1.54, 1.807) is 38.1 Å². The van der Waals surface area contributed by atoms with Crippen molar-refractivity contribution in [3.05, 3.63) is 22.7 Å². The van der Waals surface area contributed by atoms with E-state index >= 15 is 0 Å². The molecule has 21 heavy (non-hydrogen) atoms. The molecule has 1 rings (SSSR count). The summed E-state index contributed by atoms with van der Waals surface area (Å²) in [6.07, 6.45) is 0.804. The highest BCUT2D eigenvalue weighted by Gasteiger charge is 2.26. The van der Waals surface area contributed by atoms with Crippen molar-refractivity contribution in [1.82, 2.24) is 4.72 Å². The maximum Gasteiger partial charge on any atom is 0.321 e. The molecule has 6 nitrogen and oxygen atoms in total. The van der Waals surface area contributed by atoms with Crippen LogP contribution in [0.1, 0.15) is 19.8 Å². The van der Waals surface area contributed by atoms with E-state index in [2.05, 4.69) is 20.7 Å². The lowest BCUT2D eigenvalue weighted by Crippen LogP contribution is -2.40. The van der Waals surface area contributed by atoms with E-state index in [1.807, 2.05) is 0 Å². The molecule has 118 valence electrons. The number of halogens is 1. The first kappa shape index (κ1) is 17.9. The Bertz CT molecular complexity index is 617. The van der Waals surface area contributed by atoms with Gasteiger partial charge in [-0.3, -0.25) is 4.79 Å². The topological polar surface area (TPSA) is 86.7 Å². The molecule has 0 aliphatic carbocycles. The summed E-state index contributed by atoms with van der Waals surface area (Å²) < 4.78 is 27.4. The molecular formula is C13H19BrN2O4S. The second kappa shape index (κ2) is 7.24. The number of aliphatic carboxylic acids is 1. The second-order valence-corrected chi connectivity index (χ2v) is 7.35. The molecule has 0 aliphatic heterocycles. The molecule has 1 aromatic carbocycles. The van der Waals surface area contributed by atoms with Gasteiger partial charge < -0.3 is 10.0 Å². The maximum absolute atomic E-state index is 12.4. The normalized spacial score (nSPS) is 13.0. The lowest BCUT2D eigenvalue weighted by atomic mass is 10.2. The number of carbonyl (C=O) groups is 1. The Balaban J connectivity index is 3.18. The highest BCUT2D eigenvalue weighted by molar-refractivity contribution is 9.10. The quantitative estimate of drug-likeness (QED) is 0.757. The highest BCUT2D eigenvalue weighted by atomic mass is 79.9. The lowest BCUT2D eigenvalue weighted by molar-refractivity contribution is -0.139. The number of sulfonamides is 1. The first-order chi connectivity index (χ1) is 9.69. The van der Waals surface area contributed by atoms with Crippen molar-refractivity contribution in [1.29, 1.82) is 0 Å². The molecule has 0 spiro atoms. The fraction of sp³-hybridized carbons (Fsp3) is 0.462. The summed E-state index contributed by atoms with van der Waals surface area (Å²) in [5.74, 6) is -1.18. The van der Waals surface area contributed by atoms with Gasteiger partial charge in [-0.1, -0.05) is 13.3 Å². The van der Waals surface area contributed by atoms with E-state index in [0.29, 0.717) is 16.6 Å². The minimum atomic E-state index is -3.92. The van der Waals surface area contributed by atoms with E-state index < -0.39 is 22.0 Å². The summed E-state index contributed by atoms with van der Waals surface area (Å²) in [4.78, 5) is 12.9. The molecule has 0 saturated heterocycles. The third kappa shape index (κ3) is 4.69. The van der Waals surface area contributed by atoms with Crippen molar-refractivity contribution in [2.45, 2.75) is 30.7 Å². The molecule has 1 aromatic rings.